The molecular formula is C30H32N5O12P3. The second-order valence-corrected chi connectivity index (χ2v) is 16.7. The Balaban J connectivity index is 1.03. The van der Waals surface area contributed by atoms with Crippen molar-refractivity contribution in [3.8, 4) is 0 Å². The number of rotatable bonds is 13. The van der Waals surface area contributed by atoms with Crippen molar-refractivity contribution in [3.63, 3.8) is 0 Å². The molecular weight excluding hydrogens is 715 g/mol. The predicted octanol–water partition coefficient (Wildman–Crippen LogP) is 4.84. The lowest BCUT2D eigenvalue weighted by molar-refractivity contribution is -0.151. The van der Waals surface area contributed by atoms with Gasteiger partial charge in [-0.2, -0.15) is 4.31 Å². The van der Waals surface area contributed by atoms with Crippen LogP contribution in [-0.4, -0.2) is 65.4 Å². The molecule has 0 spiro atoms. The molecule has 20 heteroatoms. The van der Waals surface area contributed by atoms with Crippen molar-refractivity contribution in [2.75, 3.05) is 12.3 Å². The van der Waals surface area contributed by atoms with Gasteiger partial charge in [0.05, 0.1) is 19.1 Å². The lowest BCUT2D eigenvalue weighted by Crippen LogP contribution is -2.31. The van der Waals surface area contributed by atoms with E-state index in [2.05, 4.69) is 23.6 Å². The van der Waals surface area contributed by atoms with Crippen LogP contribution in [0.1, 0.15) is 23.8 Å². The Bertz CT molecular complexity index is 2150. The fraction of sp³-hybridized carbons (Fsp3) is 0.300. The first kappa shape index (κ1) is 35.0. The fourth-order valence-electron chi connectivity index (χ4n) is 6.05. The minimum Gasteiger partial charge on any atom is -0.382 e. The van der Waals surface area contributed by atoms with Crippen LogP contribution >= 0.6 is 23.2 Å². The topological polar surface area (TPSA) is 237 Å². The van der Waals surface area contributed by atoms with Gasteiger partial charge in [-0.05, 0) is 28.3 Å². The molecule has 5 aromatic rings. The van der Waals surface area contributed by atoms with Crippen molar-refractivity contribution in [2.24, 2.45) is 0 Å². The molecule has 3 aromatic carbocycles. The van der Waals surface area contributed by atoms with E-state index in [9.17, 15) is 28.4 Å². The Kier molecular flexibility index (Phi) is 9.78. The SMILES string of the molecule is Nc1ncnc2c1ncn2[C@@H]1O[C@H](COP(=O)(O)OP(=O)(O)OP(=O)(O)Cc2cccc3ccccc23)C2OC(CCc3ccccc3)O[C@@H]21. The van der Waals surface area contributed by atoms with Crippen LogP contribution in [0.5, 0.6) is 0 Å². The summed E-state index contributed by atoms with van der Waals surface area (Å²) in [5.74, 6) is 0.145. The van der Waals surface area contributed by atoms with Crippen LogP contribution in [0.3, 0.4) is 0 Å². The van der Waals surface area contributed by atoms with E-state index in [-0.39, 0.29) is 5.82 Å². The number of ether oxygens (including phenoxy) is 3. The number of phosphoric acid groups is 2. The molecule has 2 aromatic heterocycles. The zero-order valence-corrected chi connectivity index (χ0v) is 28.7. The highest BCUT2D eigenvalue weighted by atomic mass is 31.3. The van der Waals surface area contributed by atoms with E-state index < -0.39 is 66.8 Å². The van der Waals surface area contributed by atoms with Crippen LogP contribution in [-0.2, 0) is 53.6 Å². The van der Waals surface area contributed by atoms with Gasteiger partial charge in [0.2, 0.25) is 0 Å². The second kappa shape index (κ2) is 14.0. The molecule has 4 heterocycles. The van der Waals surface area contributed by atoms with Crippen molar-refractivity contribution in [1.82, 2.24) is 19.5 Å². The monoisotopic (exact) mass is 747 g/mol. The number of imidazole rings is 1. The van der Waals surface area contributed by atoms with Gasteiger partial charge in [-0.15, -0.1) is 0 Å². The number of aromatic nitrogens is 4. The van der Waals surface area contributed by atoms with E-state index in [0.717, 1.165) is 10.9 Å². The van der Waals surface area contributed by atoms with Crippen LogP contribution < -0.4 is 5.73 Å². The average Bonchev–Trinajstić information content (AvgIpc) is 3.77. The molecule has 0 radical (unpaired) electrons. The first-order chi connectivity index (χ1) is 23.9. The summed E-state index contributed by atoms with van der Waals surface area (Å²) in [5.41, 5.74) is 8.03. The highest BCUT2D eigenvalue weighted by molar-refractivity contribution is 7.68. The van der Waals surface area contributed by atoms with Crippen molar-refractivity contribution in [3.05, 3.63) is 96.6 Å². The van der Waals surface area contributed by atoms with E-state index >= 15 is 0 Å². The number of fused-ring (bicyclic) bond motifs is 3. The van der Waals surface area contributed by atoms with Gasteiger partial charge >= 0.3 is 23.2 Å². The smallest absolute Gasteiger partial charge is 0.382 e. The summed E-state index contributed by atoms with van der Waals surface area (Å²) >= 11 is 0. The highest BCUT2D eigenvalue weighted by Gasteiger charge is 2.54. The van der Waals surface area contributed by atoms with Crippen LogP contribution in [0.2, 0.25) is 0 Å². The third-order valence-electron chi connectivity index (χ3n) is 8.17. The number of anilines is 1. The van der Waals surface area contributed by atoms with Gasteiger partial charge in [-0.1, -0.05) is 72.8 Å². The Morgan fingerprint density at radius 1 is 0.820 bits per heavy atom. The summed E-state index contributed by atoms with van der Waals surface area (Å²) in [7, 11) is -15.9. The lowest BCUT2D eigenvalue weighted by atomic mass is 10.1. The number of nitrogen functional groups attached to an aromatic ring is 1. The number of benzene rings is 3. The Morgan fingerprint density at radius 3 is 2.38 bits per heavy atom. The zero-order valence-electron chi connectivity index (χ0n) is 26.0. The molecule has 0 aliphatic carbocycles. The van der Waals surface area contributed by atoms with E-state index in [1.807, 2.05) is 30.3 Å². The van der Waals surface area contributed by atoms with Gasteiger partial charge in [0.15, 0.2) is 24.0 Å². The van der Waals surface area contributed by atoms with Gasteiger partial charge in [-0.25, -0.2) is 28.4 Å². The number of nitrogens with two attached hydrogens (primary N) is 1. The summed E-state index contributed by atoms with van der Waals surface area (Å²) in [4.78, 5) is 43.6. The molecule has 2 fully saturated rings. The molecule has 2 saturated heterocycles. The molecule has 2 aliphatic heterocycles. The van der Waals surface area contributed by atoms with Crippen LogP contribution in [0, 0.1) is 0 Å². The number of hydrogen-bond acceptors (Lipinski definition) is 13. The predicted molar refractivity (Wildman–Crippen MR) is 177 cm³/mol. The first-order valence-electron chi connectivity index (χ1n) is 15.3. The van der Waals surface area contributed by atoms with Crippen molar-refractivity contribution in [2.45, 2.75) is 49.8 Å². The Hall–Kier alpha value is -3.40. The zero-order chi connectivity index (χ0) is 35.1. The summed E-state index contributed by atoms with van der Waals surface area (Å²) < 4.78 is 72.6. The second-order valence-electron chi connectivity index (χ2n) is 11.6. The van der Waals surface area contributed by atoms with E-state index in [1.165, 1.54) is 12.7 Å². The maximum atomic E-state index is 12.9. The minimum absolute atomic E-state index is 0.145. The maximum Gasteiger partial charge on any atom is 0.488 e. The van der Waals surface area contributed by atoms with E-state index in [0.29, 0.717) is 35.0 Å². The van der Waals surface area contributed by atoms with E-state index in [4.69, 9.17) is 24.5 Å². The normalized spacial score (nSPS) is 25.6. The first-order valence-corrected chi connectivity index (χ1v) is 20.1. The molecule has 5 unspecified atom stereocenters. The van der Waals surface area contributed by atoms with E-state index in [1.54, 1.807) is 47.0 Å². The lowest BCUT2D eigenvalue weighted by Gasteiger charge is -2.22. The largest absolute Gasteiger partial charge is 0.488 e. The maximum absolute atomic E-state index is 12.9. The third kappa shape index (κ3) is 7.75. The quantitative estimate of drug-likeness (QED) is 0.118. The van der Waals surface area contributed by atoms with Crippen molar-refractivity contribution in [1.29, 1.82) is 0 Å². The van der Waals surface area contributed by atoms with Gasteiger partial charge in [-0.3, -0.25) is 13.7 Å². The minimum atomic E-state index is -5.63. The summed E-state index contributed by atoms with van der Waals surface area (Å²) in [6.45, 7) is -0.684. The standard InChI is InChI=1S/C30H32N5O12P3/c31-28-25-29(33-17-32-28)35(18-34-25)30-27-26(44-24(45-27)14-13-19-7-2-1-3-8-19)23(43-30)15-42-49(38,39)47-50(40,41)46-48(36,37)16-21-11-6-10-20-9-4-5-12-22(20)21/h1-12,17-18,23-24,26-27,30H,13-16H2,(H,36,37)(H,38,39)(H,40,41)(H2,31,32,33)/t23-,24?,26?,27+,30-/m1/s1. The van der Waals surface area contributed by atoms with Gasteiger partial charge in [0, 0.05) is 6.42 Å². The Labute approximate surface area is 284 Å². The highest BCUT2D eigenvalue weighted by Crippen LogP contribution is 2.68. The van der Waals surface area contributed by atoms with Crippen LogP contribution in [0.4, 0.5) is 5.82 Å². The molecule has 0 saturated carbocycles. The molecule has 2 aliphatic rings. The fourth-order valence-corrected chi connectivity index (χ4v) is 10.2. The molecule has 5 N–H and O–H groups in total. The molecule has 264 valence electrons. The van der Waals surface area contributed by atoms with Crippen LogP contribution in [0.25, 0.3) is 21.9 Å². The average molecular weight is 748 g/mol. The van der Waals surface area contributed by atoms with Crippen LogP contribution in [0.15, 0.2) is 85.5 Å². The van der Waals surface area contributed by atoms with Crippen molar-refractivity contribution < 1.29 is 55.7 Å². The number of hydrogen-bond donors (Lipinski definition) is 4. The molecule has 0 bridgehead atoms. The molecule has 8 atom stereocenters. The summed E-state index contributed by atoms with van der Waals surface area (Å²) in [5, 5.41) is 1.38. The molecule has 7 rings (SSSR count). The number of aryl methyl sites for hydroxylation is 1. The van der Waals surface area contributed by atoms with Gasteiger partial charge in [0.25, 0.3) is 0 Å². The third-order valence-corrected chi connectivity index (χ3v) is 12.9. The number of phosphoric ester groups is 1. The Morgan fingerprint density at radius 2 is 1.56 bits per heavy atom. The molecule has 0 amide bonds. The number of nitrogens with zero attached hydrogens (tertiary/aromatic N) is 4. The van der Waals surface area contributed by atoms with Gasteiger partial charge in [0.1, 0.15) is 30.2 Å². The van der Waals surface area contributed by atoms with Crippen molar-refractivity contribution >= 4 is 51.0 Å². The molecule has 17 nitrogen and oxygen atoms in total. The molecule has 50 heavy (non-hydrogen) atoms. The van der Waals surface area contributed by atoms with Gasteiger partial charge < -0.3 is 34.6 Å². The summed E-state index contributed by atoms with van der Waals surface area (Å²) in [6, 6.07) is 21.7. The summed E-state index contributed by atoms with van der Waals surface area (Å²) in [6.07, 6.45) is -1.13.